The summed E-state index contributed by atoms with van der Waals surface area (Å²) in [6.45, 7) is 4.75. The molecule has 2 fully saturated rings. The van der Waals surface area contributed by atoms with Gasteiger partial charge in [0.2, 0.25) is 0 Å². The number of fused-ring (bicyclic) bond motifs is 6. The molecule has 0 aliphatic heterocycles. The van der Waals surface area contributed by atoms with E-state index in [1.54, 1.807) is 0 Å². The smallest absolute Gasteiger partial charge is 0.0543 e. The Morgan fingerprint density at radius 1 is 0.529 bits per heavy atom. The maximum atomic E-state index is 2.53. The summed E-state index contributed by atoms with van der Waals surface area (Å²) in [5.41, 5.74) is 15.9. The standard InChI is InChI=1S/C50H43N/c1-49(2)44-21-7-6-18-43(44)48-45(49)22-11-23-46(48)51(39-26-24-38(25-27-39)50-30-28-34(33-50)29-31-50)40-17-8-16-37(32-40)42-20-10-15-36-14-9-19-41(47(36)42)35-12-4-3-5-13-35/h3-27,32,34H,28-31,33H2,1-2H3. The van der Waals surface area contributed by atoms with Gasteiger partial charge in [-0.25, -0.2) is 0 Å². The second kappa shape index (κ2) is 11.6. The van der Waals surface area contributed by atoms with E-state index in [2.05, 4.69) is 176 Å². The van der Waals surface area contributed by atoms with Crippen molar-refractivity contribution in [1.29, 1.82) is 0 Å². The third-order valence-corrected chi connectivity index (χ3v) is 12.7. The fraction of sp³-hybridized carbons (Fsp3) is 0.200. The zero-order valence-electron chi connectivity index (χ0n) is 29.6. The molecule has 2 saturated carbocycles. The molecule has 51 heavy (non-hydrogen) atoms. The van der Waals surface area contributed by atoms with Crippen molar-refractivity contribution in [2.45, 2.75) is 56.8 Å². The second-order valence-electron chi connectivity index (χ2n) is 15.8. The van der Waals surface area contributed by atoms with Crippen LogP contribution >= 0.6 is 0 Å². The minimum absolute atomic E-state index is 0.0727. The maximum Gasteiger partial charge on any atom is 0.0543 e. The van der Waals surface area contributed by atoms with Gasteiger partial charge in [0.25, 0.3) is 0 Å². The lowest BCUT2D eigenvalue weighted by Gasteiger charge is -2.31. The normalized spacial score (nSPS) is 19.6. The summed E-state index contributed by atoms with van der Waals surface area (Å²) in [5, 5.41) is 2.55. The minimum atomic E-state index is -0.0727. The molecule has 7 aromatic carbocycles. The third kappa shape index (κ3) is 4.75. The monoisotopic (exact) mass is 657 g/mol. The minimum Gasteiger partial charge on any atom is -0.310 e. The summed E-state index contributed by atoms with van der Waals surface area (Å²) in [6.07, 6.45) is 6.85. The molecule has 3 aliphatic rings. The zero-order chi connectivity index (χ0) is 34.2. The Morgan fingerprint density at radius 2 is 1.16 bits per heavy atom. The van der Waals surface area contributed by atoms with Crippen molar-refractivity contribution in [2.24, 2.45) is 5.92 Å². The van der Waals surface area contributed by atoms with Crippen molar-refractivity contribution in [2.75, 3.05) is 4.90 Å². The van der Waals surface area contributed by atoms with Crippen LogP contribution in [0, 0.1) is 5.92 Å². The lowest BCUT2D eigenvalue weighted by Crippen LogP contribution is -2.19. The van der Waals surface area contributed by atoms with E-state index < -0.39 is 0 Å². The third-order valence-electron chi connectivity index (χ3n) is 12.7. The van der Waals surface area contributed by atoms with Crippen molar-refractivity contribution < 1.29 is 0 Å². The summed E-state index contributed by atoms with van der Waals surface area (Å²) in [4.78, 5) is 2.53. The highest BCUT2D eigenvalue weighted by molar-refractivity contribution is 6.07. The van der Waals surface area contributed by atoms with Crippen molar-refractivity contribution in [3.63, 3.8) is 0 Å². The van der Waals surface area contributed by atoms with Gasteiger partial charge in [-0.3, -0.25) is 0 Å². The van der Waals surface area contributed by atoms with Crippen LogP contribution in [0.5, 0.6) is 0 Å². The molecular weight excluding hydrogens is 615 g/mol. The summed E-state index contributed by atoms with van der Waals surface area (Å²) in [6, 6.07) is 59.1. The Kier molecular flexibility index (Phi) is 6.90. The topological polar surface area (TPSA) is 3.24 Å². The van der Waals surface area contributed by atoms with Crippen molar-refractivity contribution in [3.05, 3.63) is 174 Å². The van der Waals surface area contributed by atoms with Crippen LogP contribution in [0.3, 0.4) is 0 Å². The van der Waals surface area contributed by atoms with Crippen LogP contribution in [-0.2, 0) is 10.8 Å². The molecule has 2 bridgehead atoms. The first kappa shape index (κ1) is 30.4. The van der Waals surface area contributed by atoms with E-state index in [9.17, 15) is 0 Å². The second-order valence-corrected chi connectivity index (χ2v) is 15.8. The molecule has 0 N–H and O–H groups in total. The molecule has 0 heterocycles. The quantitative estimate of drug-likeness (QED) is 0.172. The SMILES string of the molecule is CC1(C)c2ccccc2-c2c(N(c3ccc(C45CCC(CC4)C5)cc3)c3cccc(-c4cccc5cccc(-c6ccccc6)c45)c3)cccc21. The van der Waals surface area contributed by atoms with E-state index in [1.165, 1.54) is 110 Å². The Balaban J connectivity index is 1.17. The van der Waals surface area contributed by atoms with Crippen LogP contribution in [0.15, 0.2) is 158 Å². The first-order valence-electron chi connectivity index (χ1n) is 18.8. The first-order valence-corrected chi connectivity index (χ1v) is 18.8. The van der Waals surface area contributed by atoms with Crippen molar-refractivity contribution in [3.8, 4) is 33.4 Å². The number of anilines is 3. The molecule has 0 amide bonds. The van der Waals surface area contributed by atoms with E-state index >= 15 is 0 Å². The fourth-order valence-corrected chi connectivity index (χ4v) is 10.2. The molecule has 0 atom stereocenters. The van der Waals surface area contributed by atoms with Crippen molar-refractivity contribution >= 4 is 27.8 Å². The molecule has 7 aromatic rings. The zero-order valence-corrected chi connectivity index (χ0v) is 29.6. The summed E-state index contributed by atoms with van der Waals surface area (Å²) in [7, 11) is 0. The molecule has 0 unspecified atom stereocenters. The molecule has 0 spiro atoms. The predicted molar refractivity (Wildman–Crippen MR) is 215 cm³/mol. The maximum absolute atomic E-state index is 2.53. The number of benzene rings is 7. The molecule has 0 radical (unpaired) electrons. The van der Waals surface area contributed by atoms with Crippen LogP contribution in [0.1, 0.15) is 62.6 Å². The fourth-order valence-electron chi connectivity index (χ4n) is 10.2. The number of nitrogens with zero attached hydrogens (tertiary/aromatic N) is 1. The predicted octanol–water partition coefficient (Wildman–Crippen LogP) is 13.8. The molecular formula is C50H43N. The molecule has 248 valence electrons. The largest absolute Gasteiger partial charge is 0.310 e. The van der Waals surface area contributed by atoms with Crippen molar-refractivity contribution in [1.82, 2.24) is 0 Å². The summed E-state index contributed by atoms with van der Waals surface area (Å²) >= 11 is 0. The van der Waals surface area contributed by atoms with Crippen LogP contribution in [-0.4, -0.2) is 0 Å². The number of hydrogen-bond donors (Lipinski definition) is 0. The Labute approximate surface area is 302 Å². The van der Waals surface area contributed by atoms with Gasteiger partial charge in [-0.15, -0.1) is 0 Å². The van der Waals surface area contributed by atoms with Gasteiger partial charge in [0.05, 0.1) is 5.69 Å². The summed E-state index contributed by atoms with van der Waals surface area (Å²) in [5.74, 6) is 0.927. The molecule has 3 aliphatic carbocycles. The lowest BCUT2D eigenvalue weighted by atomic mass is 9.78. The van der Waals surface area contributed by atoms with E-state index in [-0.39, 0.29) is 5.41 Å². The molecule has 0 saturated heterocycles. The number of rotatable bonds is 6. The first-order chi connectivity index (χ1) is 25.0. The van der Waals surface area contributed by atoms with Gasteiger partial charge < -0.3 is 4.90 Å². The van der Waals surface area contributed by atoms with E-state index in [0.29, 0.717) is 5.41 Å². The van der Waals surface area contributed by atoms with Gasteiger partial charge in [-0.1, -0.05) is 141 Å². The molecule has 10 rings (SSSR count). The Morgan fingerprint density at radius 3 is 1.90 bits per heavy atom. The van der Waals surface area contributed by atoms with Gasteiger partial charge in [0.15, 0.2) is 0 Å². The van der Waals surface area contributed by atoms with Crippen LogP contribution < -0.4 is 4.90 Å². The van der Waals surface area contributed by atoms with E-state index in [0.717, 1.165) is 5.92 Å². The molecule has 0 aromatic heterocycles. The van der Waals surface area contributed by atoms with Gasteiger partial charge in [-0.05, 0) is 129 Å². The van der Waals surface area contributed by atoms with Crippen LogP contribution in [0.4, 0.5) is 17.1 Å². The van der Waals surface area contributed by atoms with Gasteiger partial charge in [0, 0.05) is 22.4 Å². The van der Waals surface area contributed by atoms with E-state index in [4.69, 9.17) is 0 Å². The van der Waals surface area contributed by atoms with E-state index in [1.807, 2.05) is 0 Å². The average Bonchev–Trinajstić information content (AvgIpc) is 3.87. The van der Waals surface area contributed by atoms with Crippen LogP contribution in [0.2, 0.25) is 0 Å². The highest BCUT2D eigenvalue weighted by atomic mass is 15.1. The van der Waals surface area contributed by atoms with Gasteiger partial charge in [-0.2, -0.15) is 0 Å². The Hall–Kier alpha value is -5.40. The number of hydrogen-bond acceptors (Lipinski definition) is 1. The highest BCUT2D eigenvalue weighted by Crippen LogP contribution is 2.57. The van der Waals surface area contributed by atoms with Gasteiger partial charge >= 0.3 is 0 Å². The molecule has 1 nitrogen and oxygen atoms in total. The lowest BCUT2D eigenvalue weighted by molar-refractivity contribution is 0.419. The average molecular weight is 658 g/mol. The summed E-state index contributed by atoms with van der Waals surface area (Å²) < 4.78 is 0. The Bertz CT molecular complexity index is 2420. The van der Waals surface area contributed by atoms with Crippen LogP contribution in [0.25, 0.3) is 44.2 Å². The highest BCUT2D eigenvalue weighted by Gasteiger charge is 2.45. The molecule has 1 heteroatoms. The van der Waals surface area contributed by atoms with Gasteiger partial charge in [0.1, 0.15) is 0 Å².